The van der Waals surface area contributed by atoms with Gasteiger partial charge in [-0.3, -0.25) is 9.59 Å². The van der Waals surface area contributed by atoms with Gasteiger partial charge in [-0.2, -0.15) is 0 Å². The van der Waals surface area contributed by atoms with Crippen molar-refractivity contribution < 1.29 is 23.9 Å². The van der Waals surface area contributed by atoms with Crippen molar-refractivity contribution in [3.05, 3.63) is 69.8 Å². The summed E-state index contributed by atoms with van der Waals surface area (Å²) in [6.07, 6.45) is 7.68. The maximum Gasteiger partial charge on any atom is 0.339 e. The van der Waals surface area contributed by atoms with E-state index in [9.17, 15) is 14.4 Å². The monoisotopic (exact) mass is 486 g/mol. The van der Waals surface area contributed by atoms with Crippen molar-refractivity contribution in [1.29, 1.82) is 0 Å². The van der Waals surface area contributed by atoms with Crippen molar-refractivity contribution in [2.24, 2.45) is 5.41 Å². The molecule has 0 saturated carbocycles. The van der Waals surface area contributed by atoms with Crippen molar-refractivity contribution in [2.75, 3.05) is 0 Å². The van der Waals surface area contributed by atoms with Crippen LogP contribution >= 0.6 is 15.9 Å². The van der Waals surface area contributed by atoms with Crippen LogP contribution in [0.2, 0.25) is 0 Å². The van der Waals surface area contributed by atoms with Gasteiger partial charge in [-0.15, -0.1) is 0 Å². The maximum absolute atomic E-state index is 12.9. The molecule has 31 heavy (non-hydrogen) atoms. The van der Waals surface area contributed by atoms with E-state index in [-0.39, 0.29) is 18.6 Å². The second-order valence-corrected chi connectivity index (χ2v) is 9.28. The summed E-state index contributed by atoms with van der Waals surface area (Å²) < 4.78 is 11.9. The van der Waals surface area contributed by atoms with Gasteiger partial charge < -0.3 is 9.47 Å². The highest BCUT2D eigenvalue weighted by molar-refractivity contribution is 9.10. The van der Waals surface area contributed by atoms with Gasteiger partial charge in [0.1, 0.15) is 12.2 Å². The molecule has 164 valence electrons. The summed E-state index contributed by atoms with van der Waals surface area (Å²) in [6, 6.07) is 7.00. The van der Waals surface area contributed by atoms with Crippen LogP contribution in [-0.2, 0) is 19.1 Å². The quantitative estimate of drug-likeness (QED) is 0.392. The summed E-state index contributed by atoms with van der Waals surface area (Å²) >= 11 is 3.36. The van der Waals surface area contributed by atoms with Crippen LogP contribution in [0.4, 0.5) is 0 Å². The van der Waals surface area contributed by atoms with Crippen molar-refractivity contribution in [3.8, 4) is 0 Å². The van der Waals surface area contributed by atoms with Gasteiger partial charge in [0.15, 0.2) is 5.78 Å². The van der Waals surface area contributed by atoms with Gasteiger partial charge in [0, 0.05) is 10.9 Å². The lowest BCUT2D eigenvalue weighted by Gasteiger charge is -2.34. The first-order valence-corrected chi connectivity index (χ1v) is 11.2. The number of carbonyl (C=O) groups is 3. The second kappa shape index (κ2) is 9.77. The SMILES string of the molecule is CC(C)=CCC/C(C)=C/[C@H]1OC(=O)C[C@]12C[C@H](OC(=O)c1ccccc1Br)C=CC2=O. The Bertz CT molecular complexity index is 970. The predicted octanol–water partition coefficient (Wildman–Crippen LogP) is 5.50. The number of ether oxygens (including phenoxy) is 2. The number of hydrogen-bond donors (Lipinski definition) is 0. The minimum absolute atomic E-state index is 0.0122. The molecule has 1 saturated heterocycles. The first-order valence-electron chi connectivity index (χ1n) is 10.4. The normalized spacial score (nSPS) is 25.5. The number of ketones is 1. The number of rotatable bonds is 6. The van der Waals surface area contributed by atoms with Gasteiger partial charge >= 0.3 is 11.9 Å². The molecule has 0 N–H and O–H groups in total. The average molecular weight is 487 g/mol. The lowest BCUT2D eigenvalue weighted by atomic mass is 9.69. The van der Waals surface area contributed by atoms with Gasteiger partial charge in [-0.1, -0.05) is 29.4 Å². The van der Waals surface area contributed by atoms with Crippen LogP contribution in [0.3, 0.4) is 0 Å². The van der Waals surface area contributed by atoms with E-state index in [1.807, 2.05) is 19.1 Å². The van der Waals surface area contributed by atoms with Gasteiger partial charge in [0.05, 0.1) is 17.4 Å². The number of carbonyl (C=O) groups excluding carboxylic acids is 3. The zero-order valence-corrected chi connectivity index (χ0v) is 19.6. The Balaban J connectivity index is 1.78. The van der Waals surface area contributed by atoms with Crippen LogP contribution in [-0.4, -0.2) is 29.9 Å². The summed E-state index contributed by atoms with van der Waals surface area (Å²) in [6.45, 7) is 6.08. The lowest BCUT2D eigenvalue weighted by molar-refractivity contribution is -0.140. The Morgan fingerprint density at radius 2 is 2.00 bits per heavy atom. The molecule has 1 spiro atoms. The van der Waals surface area contributed by atoms with Crippen molar-refractivity contribution in [2.45, 2.75) is 58.7 Å². The Hall–Kier alpha value is -2.47. The van der Waals surface area contributed by atoms with Gasteiger partial charge in [-0.25, -0.2) is 4.79 Å². The smallest absolute Gasteiger partial charge is 0.339 e. The molecule has 1 aliphatic carbocycles. The Labute approximate surface area is 191 Å². The fraction of sp³-hybridized carbons (Fsp3) is 0.400. The minimum Gasteiger partial charge on any atom is -0.457 e. The molecule has 5 nitrogen and oxygen atoms in total. The number of allylic oxidation sites excluding steroid dienone is 4. The van der Waals surface area contributed by atoms with Crippen molar-refractivity contribution in [1.82, 2.24) is 0 Å². The molecule has 0 unspecified atom stereocenters. The van der Waals surface area contributed by atoms with Crippen molar-refractivity contribution in [3.63, 3.8) is 0 Å². The highest BCUT2D eigenvalue weighted by Gasteiger charge is 2.55. The molecular weight excluding hydrogens is 460 g/mol. The lowest BCUT2D eigenvalue weighted by Crippen LogP contribution is -2.43. The van der Waals surface area contributed by atoms with Crippen LogP contribution in [0.5, 0.6) is 0 Å². The molecule has 1 heterocycles. The fourth-order valence-corrected chi connectivity index (χ4v) is 4.44. The Kier molecular flexibility index (Phi) is 7.31. The number of cyclic esters (lactones) is 1. The summed E-state index contributed by atoms with van der Waals surface area (Å²) in [4.78, 5) is 37.7. The maximum atomic E-state index is 12.9. The van der Waals surface area contributed by atoms with Crippen LogP contribution in [0.25, 0.3) is 0 Å². The van der Waals surface area contributed by atoms with E-state index in [0.29, 0.717) is 10.0 Å². The molecule has 0 aromatic heterocycles. The molecule has 1 aliphatic heterocycles. The van der Waals surface area contributed by atoms with Crippen LogP contribution in [0, 0.1) is 5.41 Å². The molecule has 0 amide bonds. The molecule has 3 atom stereocenters. The van der Waals surface area contributed by atoms with E-state index in [4.69, 9.17) is 9.47 Å². The number of halogens is 1. The molecule has 2 aliphatic rings. The summed E-state index contributed by atoms with van der Waals surface area (Å²) in [5, 5.41) is 0. The van der Waals surface area contributed by atoms with Gasteiger partial charge in [0.2, 0.25) is 0 Å². The largest absolute Gasteiger partial charge is 0.457 e. The third-order valence-corrected chi connectivity index (χ3v) is 6.35. The highest BCUT2D eigenvalue weighted by atomic mass is 79.9. The zero-order chi connectivity index (χ0) is 22.6. The zero-order valence-electron chi connectivity index (χ0n) is 18.0. The Morgan fingerprint density at radius 1 is 1.26 bits per heavy atom. The standard InChI is InChI=1S/C25H27BrO5/c1-16(2)7-6-8-17(3)13-22-25(15-23(28)31-22)14-18(11-12-21(25)27)30-24(29)19-9-4-5-10-20(19)26/h4-5,7,9-13,18,22H,6,8,14-15H2,1-3H3/b17-13+/t18-,22-,25+/m1/s1. The third-order valence-electron chi connectivity index (χ3n) is 5.66. The molecular formula is C25H27BrO5. The van der Waals surface area contributed by atoms with Gasteiger partial charge in [-0.05, 0) is 79.9 Å². The molecule has 1 aromatic carbocycles. The van der Waals surface area contributed by atoms with E-state index in [1.54, 1.807) is 24.3 Å². The van der Waals surface area contributed by atoms with Crippen LogP contribution in [0.15, 0.2) is 64.2 Å². The predicted molar refractivity (Wildman–Crippen MR) is 121 cm³/mol. The second-order valence-electron chi connectivity index (χ2n) is 8.43. The summed E-state index contributed by atoms with van der Waals surface area (Å²) in [7, 11) is 0. The number of hydrogen-bond acceptors (Lipinski definition) is 5. The first kappa shape index (κ1) is 23.2. The molecule has 1 fully saturated rings. The fourth-order valence-electron chi connectivity index (χ4n) is 3.99. The first-order chi connectivity index (χ1) is 14.7. The van der Waals surface area contributed by atoms with Crippen LogP contribution in [0.1, 0.15) is 56.8 Å². The van der Waals surface area contributed by atoms with E-state index >= 15 is 0 Å². The van der Waals surface area contributed by atoms with E-state index in [2.05, 4.69) is 35.9 Å². The van der Waals surface area contributed by atoms with Crippen LogP contribution < -0.4 is 0 Å². The molecule has 6 heteroatoms. The van der Waals surface area contributed by atoms with E-state index in [0.717, 1.165) is 18.4 Å². The Morgan fingerprint density at radius 3 is 2.71 bits per heavy atom. The van der Waals surface area contributed by atoms with Gasteiger partial charge in [0.25, 0.3) is 0 Å². The summed E-state index contributed by atoms with van der Waals surface area (Å²) in [5.74, 6) is -1.05. The molecule has 1 aromatic rings. The molecule has 0 bridgehead atoms. The van der Waals surface area contributed by atoms with E-state index in [1.165, 1.54) is 11.6 Å². The topological polar surface area (TPSA) is 69.7 Å². The minimum atomic E-state index is -1.04. The number of benzene rings is 1. The highest BCUT2D eigenvalue weighted by Crippen LogP contribution is 2.45. The van der Waals surface area contributed by atoms with E-state index < -0.39 is 29.6 Å². The van der Waals surface area contributed by atoms with Crippen molar-refractivity contribution >= 4 is 33.7 Å². The average Bonchev–Trinajstić information content (AvgIpc) is 3.00. The third kappa shape index (κ3) is 5.42. The molecule has 3 rings (SSSR count). The number of esters is 2. The molecule has 0 radical (unpaired) electrons. The summed E-state index contributed by atoms with van der Waals surface area (Å²) in [5.41, 5.74) is 1.68.